The number of carbonyl (C=O) groups excluding carboxylic acids is 1. The molecule has 0 fully saturated rings. The molecule has 1 N–H and O–H groups in total. The van der Waals surface area contributed by atoms with Crippen molar-refractivity contribution in [3.8, 4) is 0 Å². The fourth-order valence-electron chi connectivity index (χ4n) is 1.04. The SMILES string of the molecule is CCOOCc1ccc(C(=O)OCC)[nH]1. The summed E-state index contributed by atoms with van der Waals surface area (Å²) in [5.41, 5.74) is 1.19. The lowest BCUT2D eigenvalue weighted by molar-refractivity contribution is -0.301. The summed E-state index contributed by atoms with van der Waals surface area (Å²) in [6, 6.07) is 3.41. The normalized spacial score (nSPS) is 10.3. The van der Waals surface area contributed by atoms with E-state index in [1.807, 2.05) is 6.92 Å². The van der Waals surface area contributed by atoms with Crippen LogP contribution >= 0.6 is 0 Å². The van der Waals surface area contributed by atoms with Crippen LogP contribution in [0, 0.1) is 0 Å². The summed E-state index contributed by atoms with van der Waals surface area (Å²) in [4.78, 5) is 23.7. The molecule has 0 aliphatic rings. The minimum atomic E-state index is -0.361. The predicted octanol–water partition coefficient (Wildman–Crippen LogP) is 1.66. The second-order valence-corrected chi connectivity index (χ2v) is 2.79. The van der Waals surface area contributed by atoms with Crippen LogP contribution in [0.2, 0.25) is 0 Å². The molecule has 15 heavy (non-hydrogen) atoms. The molecule has 0 radical (unpaired) electrons. The van der Waals surface area contributed by atoms with Crippen LogP contribution < -0.4 is 0 Å². The molecule has 0 spiro atoms. The number of H-pyrrole nitrogens is 1. The van der Waals surface area contributed by atoms with Gasteiger partial charge in [0.05, 0.1) is 13.2 Å². The summed E-state index contributed by atoms with van der Waals surface area (Å²) in [6.45, 7) is 4.74. The van der Waals surface area contributed by atoms with E-state index in [2.05, 4.69) is 4.98 Å². The van der Waals surface area contributed by atoms with Crippen molar-refractivity contribution >= 4 is 5.97 Å². The third-order valence-electron chi connectivity index (χ3n) is 1.66. The molecular formula is C10H15NO4. The van der Waals surface area contributed by atoms with Gasteiger partial charge in [-0.3, -0.25) is 0 Å². The van der Waals surface area contributed by atoms with Gasteiger partial charge < -0.3 is 9.72 Å². The second-order valence-electron chi connectivity index (χ2n) is 2.79. The molecule has 0 bridgehead atoms. The summed E-state index contributed by atoms with van der Waals surface area (Å²) in [6.07, 6.45) is 0. The number of rotatable bonds is 6. The molecule has 0 unspecified atom stereocenters. The number of nitrogens with one attached hydrogen (secondary N) is 1. The van der Waals surface area contributed by atoms with Gasteiger partial charge in [-0.2, -0.15) is 0 Å². The quantitative estimate of drug-likeness (QED) is 0.338. The van der Waals surface area contributed by atoms with Gasteiger partial charge in [-0.05, 0) is 26.0 Å². The molecule has 0 aliphatic carbocycles. The van der Waals surface area contributed by atoms with Crippen LogP contribution in [0.5, 0.6) is 0 Å². The molecule has 5 heteroatoms. The zero-order valence-corrected chi connectivity index (χ0v) is 8.91. The Bertz CT molecular complexity index is 308. The van der Waals surface area contributed by atoms with E-state index in [0.29, 0.717) is 18.9 Å². The van der Waals surface area contributed by atoms with Crippen molar-refractivity contribution in [3.63, 3.8) is 0 Å². The van der Waals surface area contributed by atoms with Crippen molar-refractivity contribution in [1.82, 2.24) is 4.98 Å². The van der Waals surface area contributed by atoms with Crippen LogP contribution in [0.4, 0.5) is 0 Å². The first-order valence-electron chi connectivity index (χ1n) is 4.87. The lowest BCUT2D eigenvalue weighted by Gasteiger charge is -2.00. The predicted molar refractivity (Wildman–Crippen MR) is 53.2 cm³/mol. The maximum absolute atomic E-state index is 11.3. The van der Waals surface area contributed by atoms with Gasteiger partial charge in [0, 0.05) is 5.69 Å². The summed E-state index contributed by atoms with van der Waals surface area (Å²) in [7, 11) is 0. The summed E-state index contributed by atoms with van der Waals surface area (Å²) in [5, 5.41) is 0. The number of aromatic nitrogens is 1. The van der Waals surface area contributed by atoms with Crippen LogP contribution in [0.25, 0.3) is 0 Å². The van der Waals surface area contributed by atoms with Gasteiger partial charge in [0.1, 0.15) is 12.3 Å². The maximum atomic E-state index is 11.3. The van der Waals surface area contributed by atoms with Gasteiger partial charge >= 0.3 is 5.97 Å². The van der Waals surface area contributed by atoms with Gasteiger partial charge in [0.15, 0.2) is 0 Å². The minimum absolute atomic E-state index is 0.285. The van der Waals surface area contributed by atoms with Crippen LogP contribution in [0.1, 0.15) is 30.0 Å². The van der Waals surface area contributed by atoms with E-state index in [1.165, 1.54) is 0 Å². The molecular weight excluding hydrogens is 198 g/mol. The minimum Gasteiger partial charge on any atom is -0.461 e. The van der Waals surface area contributed by atoms with Gasteiger partial charge in [-0.25, -0.2) is 14.6 Å². The summed E-state index contributed by atoms with van der Waals surface area (Å²) in [5.74, 6) is -0.361. The number of hydrogen-bond acceptors (Lipinski definition) is 4. The van der Waals surface area contributed by atoms with Gasteiger partial charge in [0.25, 0.3) is 0 Å². The Balaban J connectivity index is 2.45. The van der Waals surface area contributed by atoms with E-state index in [4.69, 9.17) is 14.5 Å². The van der Waals surface area contributed by atoms with E-state index < -0.39 is 0 Å². The molecule has 0 atom stereocenters. The first-order chi connectivity index (χ1) is 7.27. The Morgan fingerprint density at radius 3 is 2.73 bits per heavy atom. The number of esters is 1. The molecule has 0 aliphatic heterocycles. The maximum Gasteiger partial charge on any atom is 0.354 e. The fraction of sp³-hybridized carbons (Fsp3) is 0.500. The van der Waals surface area contributed by atoms with Crippen molar-refractivity contribution in [3.05, 3.63) is 23.5 Å². The number of ether oxygens (including phenoxy) is 1. The largest absolute Gasteiger partial charge is 0.461 e. The van der Waals surface area contributed by atoms with E-state index in [0.717, 1.165) is 5.69 Å². The van der Waals surface area contributed by atoms with Crippen molar-refractivity contribution in [2.75, 3.05) is 13.2 Å². The van der Waals surface area contributed by atoms with Crippen LogP contribution in [-0.4, -0.2) is 24.2 Å². The smallest absolute Gasteiger partial charge is 0.354 e. The van der Waals surface area contributed by atoms with Crippen LogP contribution in [0.15, 0.2) is 12.1 Å². The summed E-state index contributed by atoms with van der Waals surface area (Å²) >= 11 is 0. The van der Waals surface area contributed by atoms with Crippen molar-refractivity contribution in [2.45, 2.75) is 20.5 Å². The number of carbonyl (C=O) groups is 1. The monoisotopic (exact) mass is 213 g/mol. The highest BCUT2D eigenvalue weighted by Crippen LogP contribution is 2.05. The Morgan fingerprint density at radius 1 is 1.27 bits per heavy atom. The van der Waals surface area contributed by atoms with Crippen molar-refractivity contribution in [1.29, 1.82) is 0 Å². The Hall–Kier alpha value is -1.33. The van der Waals surface area contributed by atoms with E-state index in [9.17, 15) is 4.79 Å². The van der Waals surface area contributed by atoms with E-state index in [1.54, 1.807) is 19.1 Å². The van der Waals surface area contributed by atoms with Crippen molar-refractivity contribution in [2.24, 2.45) is 0 Å². The molecule has 84 valence electrons. The fourth-order valence-corrected chi connectivity index (χ4v) is 1.04. The molecule has 5 nitrogen and oxygen atoms in total. The Labute approximate surface area is 88.3 Å². The molecule has 0 amide bonds. The van der Waals surface area contributed by atoms with Crippen LogP contribution in [0.3, 0.4) is 0 Å². The third-order valence-corrected chi connectivity index (χ3v) is 1.66. The third kappa shape index (κ3) is 3.73. The van der Waals surface area contributed by atoms with E-state index >= 15 is 0 Å². The number of aromatic amines is 1. The first-order valence-corrected chi connectivity index (χ1v) is 4.87. The molecule has 0 saturated carbocycles. The average molecular weight is 213 g/mol. The molecule has 1 aromatic rings. The van der Waals surface area contributed by atoms with Gasteiger partial charge in [-0.1, -0.05) is 0 Å². The zero-order chi connectivity index (χ0) is 11.1. The molecule has 0 aromatic carbocycles. The molecule has 0 saturated heterocycles. The number of hydrogen-bond donors (Lipinski definition) is 1. The average Bonchev–Trinajstić information content (AvgIpc) is 2.67. The highest BCUT2D eigenvalue weighted by Gasteiger charge is 2.08. The summed E-state index contributed by atoms with van der Waals surface area (Å²) < 4.78 is 4.82. The highest BCUT2D eigenvalue weighted by molar-refractivity contribution is 5.87. The zero-order valence-electron chi connectivity index (χ0n) is 8.91. The highest BCUT2D eigenvalue weighted by atomic mass is 17.2. The van der Waals surface area contributed by atoms with Gasteiger partial charge in [-0.15, -0.1) is 0 Å². The second kappa shape index (κ2) is 6.21. The van der Waals surface area contributed by atoms with Gasteiger partial charge in [0.2, 0.25) is 0 Å². The first kappa shape index (κ1) is 11.7. The lowest BCUT2D eigenvalue weighted by atomic mass is 10.4. The molecule has 1 heterocycles. The topological polar surface area (TPSA) is 60.6 Å². The molecule has 1 aromatic heterocycles. The Kier molecular flexibility index (Phi) is 4.86. The molecule has 1 rings (SSSR count). The van der Waals surface area contributed by atoms with Crippen molar-refractivity contribution < 1.29 is 19.3 Å². The van der Waals surface area contributed by atoms with E-state index in [-0.39, 0.29) is 12.6 Å². The standard InChI is InChI=1S/C10H15NO4/c1-3-13-10(12)9-6-5-8(11-9)7-15-14-4-2/h5-6,11H,3-4,7H2,1-2H3. The lowest BCUT2D eigenvalue weighted by Crippen LogP contribution is -2.05. The van der Waals surface area contributed by atoms with Crippen LogP contribution in [-0.2, 0) is 21.1 Å². The Morgan fingerprint density at radius 2 is 2.07 bits per heavy atom.